The molecule has 1 aromatic carbocycles. The fourth-order valence-electron chi connectivity index (χ4n) is 4.49. The van der Waals surface area contributed by atoms with Gasteiger partial charge >= 0.3 is 17.9 Å². The maximum atomic E-state index is 14.1. The summed E-state index contributed by atoms with van der Waals surface area (Å²) in [5.74, 6) is -3.33. The molecular formula is C31H39Cl4NO9S. The van der Waals surface area contributed by atoms with Gasteiger partial charge in [-0.25, -0.2) is 0 Å². The van der Waals surface area contributed by atoms with E-state index in [2.05, 4.69) is 0 Å². The lowest BCUT2D eigenvalue weighted by Crippen LogP contribution is -2.67. The molecule has 0 unspecified atom stereocenters. The van der Waals surface area contributed by atoms with Crippen molar-refractivity contribution in [3.63, 3.8) is 0 Å². The fourth-order valence-corrected chi connectivity index (χ4v) is 6.53. The lowest BCUT2D eigenvalue weighted by atomic mass is 9.92. The third-order valence-corrected chi connectivity index (χ3v) is 9.93. The predicted molar refractivity (Wildman–Crippen MR) is 177 cm³/mol. The molecule has 256 valence electrons. The maximum absolute atomic E-state index is 14.1. The molecule has 0 saturated carbocycles. The number of thioether (sulfide) groups is 1. The highest BCUT2D eigenvalue weighted by Gasteiger charge is 2.58. The van der Waals surface area contributed by atoms with Crippen LogP contribution in [0.5, 0.6) is 0 Å². The molecule has 2 amide bonds. The average Bonchev–Trinajstić information content (AvgIpc) is 3.18. The Hall–Kier alpha value is -1.76. The van der Waals surface area contributed by atoms with Crippen LogP contribution in [0.2, 0.25) is 20.1 Å². The Labute approximate surface area is 293 Å². The average molecular weight is 744 g/mol. The van der Waals surface area contributed by atoms with Gasteiger partial charge in [0.05, 0.1) is 47.5 Å². The van der Waals surface area contributed by atoms with Crippen LogP contribution in [0, 0.1) is 16.2 Å². The largest absolute Gasteiger partial charge is 0.462 e. The first-order valence-electron chi connectivity index (χ1n) is 14.5. The molecule has 2 aliphatic heterocycles. The zero-order valence-corrected chi connectivity index (χ0v) is 31.2. The molecule has 0 radical (unpaired) electrons. The summed E-state index contributed by atoms with van der Waals surface area (Å²) in [6.45, 7) is 16.2. The SMILES string of the molecule is CCS[C@@H]1O[C@H](COC(=O)C(C)(C)C)[C@@H](OC(=O)C(C)(C)C)[C@H](OC(=O)C(C)(C)C)[C@H]1N1C(=O)c2c(Cl)c(Cl)c(Cl)c(Cl)c2C1=O. The molecule has 0 bridgehead atoms. The van der Waals surface area contributed by atoms with Crippen molar-refractivity contribution in [3.05, 3.63) is 31.2 Å². The Bertz CT molecular complexity index is 1380. The molecule has 0 aromatic heterocycles. The highest BCUT2D eigenvalue weighted by Crippen LogP contribution is 2.47. The summed E-state index contributed by atoms with van der Waals surface area (Å²) in [7, 11) is 0. The van der Waals surface area contributed by atoms with Crippen LogP contribution in [0.25, 0.3) is 0 Å². The van der Waals surface area contributed by atoms with Crippen molar-refractivity contribution in [2.75, 3.05) is 12.4 Å². The number of benzene rings is 1. The Morgan fingerprint density at radius 2 is 1.13 bits per heavy atom. The van der Waals surface area contributed by atoms with Gasteiger partial charge in [0.15, 0.2) is 12.2 Å². The Kier molecular flexibility index (Phi) is 11.8. The summed E-state index contributed by atoms with van der Waals surface area (Å²) < 4.78 is 24.0. The van der Waals surface area contributed by atoms with Crippen LogP contribution < -0.4 is 0 Å². The van der Waals surface area contributed by atoms with E-state index in [0.717, 1.165) is 4.90 Å². The van der Waals surface area contributed by atoms with E-state index in [9.17, 15) is 24.0 Å². The van der Waals surface area contributed by atoms with Crippen molar-refractivity contribution in [2.24, 2.45) is 16.2 Å². The molecule has 15 heteroatoms. The number of esters is 3. The number of amides is 2. The Balaban J connectivity index is 2.26. The normalized spacial score (nSPS) is 23.7. The number of fused-ring (bicyclic) bond motifs is 1. The molecule has 3 rings (SSSR count). The molecule has 10 nitrogen and oxygen atoms in total. The maximum Gasteiger partial charge on any atom is 0.311 e. The molecule has 5 atom stereocenters. The van der Waals surface area contributed by atoms with Crippen LogP contribution >= 0.6 is 58.2 Å². The van der Waals surface area contributed by atoms with Gasteiger partial charge in [-0.05, 0) is 68.1 Å². The first-order valence-corrected chi connectivity index (χ1v) is 17.1. The molecule has 0 N–H and O–H groups in total. The van der Waals surface area contributed by atoms with Crippen molar-refractivity contribution in [2.45, 2.75) is 99.0 Å². The first kappa shape index (κ1) is 38.7. The van der Waals surface area contributed by atoms with Gasteiger partial charge in [0.25, 0.3) is 11.8 Å². The minimum absolute atomic E-state index is 0.220. The minimum atomic E-state index is -1.49. The van der Waals surface area contributed by atoms with Crippen molar-refractivity contribution < 1.29 is 42.9 Å². The van der Waals surface area contributed by atoms with Crippen LogP contribution in [-0.4, -0.2) is 76.8 Å². The number of hydrogen-bond donors (Lipinski definition) is 0. The van der Waals surface area contributed by atoms with Gasteiger partial charge in [-0.1, -0.05) is 53.3 Å². The van der Waals surface area contributed by atoms with Gasteiger partial charge in [0, 0.05) is 0 Å². The lowest BCUT2D eigenvalue weighted by molar-refractivity contribution is -0.225. The number of ether oxygens (including phenoxy) is 4. The monoisotopic (exact) mass is 741 g/mol. The summed E-state index contributed by atoms with van der Waals surface area (Å²) in [5.41, 5.74) is -4.57. The molecule has 2 heterocycles. The summed E-state index contributed by atoms with van der Waals surface area (Å²) >= 11 is 26.5. The zero-order valence-electron chi connectivity index (χ0n) is 27.3. The molecule has 1 fully saturated rings. The second-order valence-electron chi connectivity index (χ2n) is 14.1. The van der Waals surface area contributed by atoms with Gasteiger partial charge in [-0.3, -0.25) is 28.9 Å². The topological polar surface area (TPSA) is 126 Å². The standard InChI is InChI=1S/C31H39Cl4NO9S/c1-11-46-25-20(36-23(37)14-15(24(36)38)17(33)19(35)18(34)16(14)32)22(45-28(41)31(8,9)10)21(44-27(40)30(5,6)7)13(43-25)12-42-26(39)29(2,3)4/h13,20-22,25H,11-12H2,1-10H3/t13-,20-,21-,22-,25+/m1/s1. The van der Waals surface area contributed by atoms with E-state index < -0.39 is 75.8 Å². The molecule has 0 aliphatic carbocycles. The van der Waals surface area contributed by atoms with Crippen LogP contribution in [0.3, 0.4) is 0 Å². The van der Waals surface area contributed by atoms with Gasteiger partial charge in [0.2, 0.25) is 0 Å². The van der Waals surface area contributed by atoms with Crippen LogP contribution in [0.15, 0.2) is 0 Å². The van der Waals surface area contributed by atoms with Crippen molar-refractivity contribution in [1.29, 1.82) is 0 Å². The van der Waals surface area contributed by atoms with E-state index in [1.165, 1.54) is 11.8 Å². The van der Waals surface area contributed by atoms with Crippen LogP contribution in [0.1, 0.15) is 90.0 Å². The van der Waals surface area contributed by atoms with Gasteiger partial charge in [0.1, 0.15) is 24.2 Å². The van der Waals surface area contributed by atoms with Crippen LogP contribution in [-0.2, 0) is 33.3 Å². The Morgan fingerprint density at radius 3 is 1.52 bits per heavy atom. The summed E-state index contributed by atoms with van der Waals surface area (Å²) in [5, 5.41) is -1.01. The zero-order chi connectivity index (χ0) is 35.3. The number of rotatable bonds is 7. The number of imide groups is 1. The van der Waals surface area contributed by atoms with Crippen LogP contribution in [0.4, 0.5) is 0 Å². The lowest BCUT2D eigenvalue weighted by Gasteiger charge is -2.48. The molecular weight excluding hydrogens is 704 g/mol. The molecule has 2 aliphatic rings. The second kappa shape index (κ2) is 14.0. The number of carbonyl (C=O) groups is 5. The molecule has 1 saturated heterocycles. The number of hydrogen-bond acceptors (Lipinski definition) is 10. The first-order chi connectivity index (χ1) is 20.9. The highest BCUT2D eigenvalue weighted by atomic mass is 35.5. The fraction of sp³-hybridized carbons (Fsp3) is 0.645. The molecule has 0 spiro atoms. The number of halogens is 4. The smallest absolute Gasteiger partial charge is 0.311 e. The third-order valence-electron chi connectivity index (χ3n) is 7.08. The summed E-state index contributed by atoms with van der Waals surface area (Å²) in [6, 6.07) is -1.37. The second-order valence-corrected chi connectivity index (χ2v) is 17.0. The minimum Gasteiger partial charge on any atom is -0.462 e. The van der Waals surface area contributed by atoms with E-state index in [1.54, 1.807) is 62.3 Å². The predicted octanol–water partition coefficient (Wildman–Crippen LogP) is 7.25. The number of nitrogens with zero attached hydrogens (tertiary/aromatic N) is 1. The van der Waals surface area contributed by atoms with Gasteiger partial charge in [-0.2, -0.15) is 0 Å². The van der Waals surface area contributed by atoms with E-state index in [-0.39, 0.29) is 37.8 Å². The van der Waals surface area contributed by atoms with E-state index in [1.807, 2.05) is 6.92 Å². The number of carbonyl (C=O) groups excluding carboxylic acids is 5. The quantitative estimate of drug-likeness (QED) is 0.0928. The van der Waals surface area contributed by atoms with Crippen molar-refractivity contribution in [1.82, 2.24) is 4.90 Å². The van der Waals surface area contributed by atoms with Crippen molar-refractivity contribution in [3.8, 4) is 0 Å². The highest BCUT2D eigenvalue weighted by molar-refractivity contribution is 7.99. The van der Waals surface area contributed by atoms with Gasteiger partial charge in [-0.15, -0.1) is 11.8 Å². The van der Waals surface area contributed by atoms with E-state index >= 15 is 0 Å². The third kappa shape index (κ3) is 7.76. The molecule has 46 heavy (non-hydrogen) atoms. The van der Waals surface area contributed by atoms with Crippen molar-refractivity contribution >= 4 is 87.9 Å². The van der Waals surface area contributed by atoms with Gasteiger partial charge < -0.3 is 18.9 Å². The van der Waals surface area contributed by atoms with E-state index in [0.29, 0.717) is 5.75 Å². The summed E-state index contributed by atoms with van der Waals surface area (Å²) in [6.07, 6.45) is -4.09. The summed E-state index contributed by atoms with van der Waals surface area (Å²) in [4.78, 5) is 68.7. The molecule has 1 aromatic rings. The Morgan fingerprint density at radius 1 is 0.717 bits per heavy atom. The van der Waals surface area contributed by atoms with E-state index in [4.69, 9.17) is 65.4 Å².